The van der Waals surface area contributed by atoms with Gasteiger partial charge in [0.2, 0.25) is 0 Å². The number of nitrogens with zero attached hydrogens (tertiary/aromatic N) is 4. The third kappa shape index (κ3) is 2.53. The molecule has 0 bridgehead atoms. The number of carbonyl (C=O) groups excluding carboxylic acids is 1. The van der Waals surface area contributed by atoms with E-state index in [-0.39, 0.29) is 5.91 Å². The standard InChI is InChI=1S/C16H19N5OS/c1-9-15(23-10(2)19-9)12-8-18-21-13(12)7-14(22)20-16(21)11-3-5-17-6-4-11/h8,11,17H,3-7H2,1-2H3. The fourth-order valence-corrected chi connectivity index (χ4v) is 4.37. The summed E-state index contributed by atoms with van der Waals surface area (Å²) in [5, 5.41) is 8.95. The van der Waals surface area contributed by atoms with E-state index in [0.29, 0.717) is 12.3 Å². The Labute approximate surface area is 138 Å². The lowest BCUT2D eigenvalue weighted by molar-refractivity contribution is -0.117. The molecule has 4 rings (SSSR count). The first-order valence-electron chi connectivity index (χ1n) is 7.97. The van der Waals surface area contributed by atoms with Crippen LogP contribution in [0.25, 0.3) is 10.4 Å². The van der Waals surface area contributed by atoms with Crippen LogP contribution in [0.4, 0.5) is 0 Å². The molecule has 0 spiro atoms. The van der Waals surface area contributed by atoms with Crippen LogP contribution in [-0.2, 0) is 11.2 Å². The maximum Gasteiger partial charge on any atom is 0.253 e. The Morgan fingerprint density at radius 3 is 2.78 bits per heavy atom. The van der Waals surface area contributed by atoms with Gasteiger partial charge in [0, 0.05) is 11.5 Å². The Hall–Kier alpha value is -1.86. The lowest BCUT2D eigenvalue weighted by Crippen LogP contribution is -2.38. The number of carbonyl (C=O) groups is 1. The van der Waals surface area contributed by atoms with Crippen LogP contribution < -0.4 is 5.32 Å². The van der Waals surface area contributed by atoms with Gasteiger partial charge >= 0.3 is 0 Å². The van der Waals surface area contributed by atoms with Crippen molar-refractivity contribution in [3.63, 3.8) is 0 Å². The van der Waals surface area contributed by atoms with E-state index in [2.05, 4.69) is 20.4 Å². The molecular weight excluding hydrogens is 310 g/mol. The van der Waals surface area contributed by atoms with Crippen molar-refractivity contribution in [2.24, 2.45) is 10.9 Å². The van der Waals surface area contributed by atoms with Crippen molar-refractivity contribution < 1.29 is 4.79 Å². The minimum atomic E-state index is -0.0633. The van der Waals surface area contributed by atoms with Crippen LogP contribution in [0.3, 0.4) is 0 Å². The van der Waals surface area contributed by atoms with E-state index >= 15 is 0 Å². The van der Waals surface area contributed by atoms with E-state index in [1.54, 1.807) is 11.3 Å². The number of thiazole rings is 1. The summed E-state index contributed by atoms with van der Waals surface area (Å²) in [5.41, 5.74) is 3.00. The van der Waals surface area contributed by atoms with Gasteiger partial charge in [0.05, 0.1) is 33.9 Å². The second-order valence-corrected chi connectivity index (χ2v) is 7.33. The Bertz CT molecular complexity index is 797. The molecule has 0 unspecified atom stereocenters. The van der Waals surface area contributed by atoms with Crippen LogP contribution >= 0.6 is 11.3 Å². The molecule has 2 aromatic heterocycles. The normalized spacial score (nSPS) is 18.9. The van der Waals surface area contributed by atoms with Gasteiger partial charge in [-0.3, -0.25) is 4.79 Å². The fraction of sp³-hybridized carbons (Fsp3) is 0.500. The number of amides is 1. The van der Waals surface area contributed by atoms with Gasteiger partial charge in [0.1, 0.15) is 5.84 Å². The van der Waals surface area contributed by atoms with Gasteiger partial charge in [0.25, 0.3) is 5.91 Å². The number of aromatic nitrogens is 3. The molecule has 2 aliphatic heterocycles. The topological polar surface area (TPSA) is 72.2 Å². The summed E-state index contributed by atoms with van der Waals surface area (Å²) >= 11 is 1.66. The van der Waals surface area contributed by atoms with Crippen LogP contribution in [0.15, 0.2) is 11.2 Å². The molecule has 1 fully saturated rings. The van der Waals surface area contributed by atoms with Gasteiger partial charge in [-0.05, 0) is 39.8 Å². The molecule has 120 valence electrons. The lowest BCUT2D eigenvalue weighted by Gasteiger charge is -2.26. The van der Waals surface area contributed by atoms with E-state index in [0.717, 1.165) is 58.6 Å². The molecule has 1 amide bonds. The van der Waals surface area contributed by atoms with E-state index < -0.39 is 0 Å². The SMILES string of the molecule is Cc1nc(C)c(-c2cnn3c2CC(=O)N=C3C2CCNCC2)s1. The molecule has 0 saturated carbocycles. The largest absolute Gasteiger partial charge is 0.317 e. The molecule has 1 saturated heterocycles. The van der Waals surface area contributed by atoms with Crippen LogP contribution in [0, 0.1) is 19.8 Å². The van der Waals surface area contributed by atoms with Gasteiger partial charge in [-0.1, -0.05) is 0 Å². The summed E-state index contributed by atoms with van der Waals surface area (Å²) in [6.07, 6.45) is 4.18. The summed E-state index contributed by atoms with van der Waals surface area (Å²) in [6.45, 7) is 5.95. The van der Waals surface area contributed by atoms with E-state index in [4.69, 9.17) is 0 Å². The summed E-state index contributed by atoms with van der Waals surface area (Å²) in [6, 6.07) is 0. The van der Waals surface area contributed by atoms with Crippen molar-refractivity contribution in [2.45, 2.75) is 33.1 Å². The average Bonchev–Trinajstić information content (AvgIpc) is 3.10. The molecule has 2 aliphatic rings. The van der Waals surface area contributed by atoms with E-state index in [9.17, 15) is 4.79 Å². The van der Waals surface area contributed by atoms with Crippen LogP contribution in [-0.4, -0.2) is 39.6 Å². The van der Waals surface area contributed by atoms with Crippen LogP contribution in [0.2, 0.25) is 0 Å². The first-order chi connectivity index (χ1) is 11.1. The van der Waals surface area contributed by atoms with Crippen molar-refractivity contribution in [1.29, 1.82) is 0 Å². The highest BCUT2D eigenvalue weighted by molar-refractivity contribution is 7.15. The third-order valence-electron chi connectivity index (χ3n) is 4.50. The number of aliphatic imine (C=N–C) groups is 1. The van der Waals surface area contributed by atoms with Gasteiger partial charge < -0.3 is 5.32 Å². The molecule has 0 radical (unpaired) electrons. The molecule has 0 aromatic carbocycles. The molecule has 0 atom stereocenters. The second kappa shape index (κ2) is 5.65. The summed E-state index contributed by atoms with van der Waals surface area (Å²) in [7, 11) is 0. The minimum Gasteiger partial charge on any atom is -0.317 e. The maximum atomic E-state index is 12.2. The first-order valence-corrected chi connectivity index (χ1v) is 8.79. The molecule has 6 nitrogen and oxygen atoms in total. The van der Waals surface area contributed by atoms with Gasteiger partial charge in [-0.15, -0.1) is 11.3 Å². The lowest BCUT2D eigenvalue weighted by atomic mass is 9.95. The Kier molecular flexibility index (Phi) is 3.61. The smallest absolute Gasteiger partial charge is 0.253 e. The van der Waals surface area contributed by atoms with Gasteiger partial charge in [-0.25, -0.2) is 9.67 Å². The van der Waals surface area contributed by atoms with Crippen molar-refractivity contribution in [2.75, 3.05) is 13.1 Å². The summed E-state index contributed by atoms with van der Waals surface area (Å²) in [4.78, 5) is 22.1. The second-order valence-electron chi connectivity index (χ2n) is 6.13. The minimum absolute atomic E-state index is 0.0633. The van der Waals surface area contributed by atoms with Crippen LogP contribution in [0.1, 0.15) is 29.2 Å². The molecule has 1 N–H and O–H groups in total. The maximum absolute atomic E-state index is 12.2. The molecule has 7 heteroatoms. The molecule has 2 aromatic rings. The predicted octanol–water partition coefficient (Wildman–Crippen LogP) is 1.95. The third-order valence-corrected chi connectivity index (χ3v) is 5.60. The highest BCUT2D eigenvalue weighted by Crippen LogP contribution is 2.34. The highest BCUT2D eigenvalue weighted by atomic mass is 32.1. The van der Waals surface area contributed by atoms with E-state index in [1.165, 1.54) is 0 Å². The van der Waals surface area contributed by atoms with Crippen LogP contribution in [0.5, 0.6) is 0 Å². The number of aryl methyl sites for hydroxylation is 2. The van der Waals surface area contributed by atoms with Crippen molar-refractivity contribution >= 4 is 23.1 Å². The quantitative estimate of drug-likeness (QED) is 0.914. The Balaban J connectivity index is 1.78. The first kappa shape index (κ1) is 14.7. The van der Waals surface area contributed by atoms with E-state index in [1.807, 2.05) is 24.7 Å². The zero-order valence-corrected chi connectivity index (χ0v) is 14.1. The Morgan fingerprint density at radius 2 is 2.09 bits per heavy atom. The highest BCUT2D eigenvalue weighted by Gasteiger charge is 2.30. The molecule has 0 aliphatic carbocycles. The van der Waals surface area contributed by atoms with Crippen molar-refractivity contribution in [1.82, 2.24) is 20.1 Å². The molecule has 4 heterocycles. The number of hydrogen-bond donors (Lipinski definition) is 1. The number of piperidine rings is 1. The molecular formula is C16H19N5OS. The zero-order valence-electron chi connectivity index (χ0n) is 13.3. The summed E-state index contributed by atoms with van der Waals surface area (Å²) < 4.78 is 1.90. The summed E-state index contributed by atoms with van der Waals surface area (Å²) in [5.74, 6) is 1.06. The molecule has 23 heavy (non-hydrogen) atoms. The Morgan fingerprint density at radius 1 is 1.30 bits per heavy atom. The van der Waals surface area contributed by atoms with Gasteiger partial charge in [-0.2, -0.15) is 10.1 Å². The van der Waals surface area contributed by atoms with Gasteiger partial charge in [0.15, 0.2) is 0 Å². The average molecular weight is 329 g/mol. The fourth-order valence-electron chi connectivity index (χ4n) is 3.41. The van der Waals surface area contributed by atoms with Crippen molar-refractivity contribution in [3.05, 3.63) is 22.6 Å². The zero-order chi connectivity index (χ0) is 16.0. The van der Waals surface area contributed by atoms with Crippen molar-refractivity contribution in [3.8, 4) is 10.4 Å². The predicted molar refractivity (Wildman–Crippen MR) is 89.9 cm³/mol. The number of fused-ring (bicyclic) bond motifs is 1. The number of rotatable bonds is 2. The number of nitrogens with one attached hydrogen (secondary N) is 1. The monoisotopic (exact) mass is 329 g/mol. The number of hydrogen-bond acceptors (Lipinski definition) is 5.